The molecule has 96 valence electrons. The number of rotatable bonds is 1. The zero-order valence-corrected chi connectivity index (χ0v) is 12.1. The summed E-state index contributed by atoms with van der Waals surface area (Å²) >= 11 is 2.04. The molecule has 0 bridgehead atoms. The van der Waals surface area contributed by atoms with E-state index in [1.807, 2.05) is 22.6 Å². The Morgan fingerprint density at radius 3 is 2.56 bits per heavy atom. The summed E-state index contributed by atoms with van der Waals surface area (Å²) in [4.78, 5) is 9.57. The van der Waals surface area contributed by atoms with Crippen LogP contribution in [0.15, 0.2) is 28.2 Å². The van der Waals surface area contributed by atoms with Crippen LogP contribution in [0.1, 0.15) is 13.8 Å². The number of guanidine groups is 2. The number of nitrogens with two attached hydrogens (primary N) is 2. The molecule has 1 aromatic rings. The Labute approximate surface area is 118 Å². The molecule has 1 aliphatic rings. The first-order chi connectivity index (χ1) is 8.31. The molecule has 0 amide bonds. The van der Waals surface area contributed by atoms with E-state index in [2.05, 4.69) is 9.98 Å². The van der Waals surface area contributed by atoms with E-state index in [0.29, 0.717) is 5.69 Å². The highest BCUT2D eigenvalue weighted by molar-refractivity contribution is 14.1. The lowest BCUT2D eigenvalue weighted by atomic mass is 10.1. The topological polar surface area (TPSA) is 80.0 Å². The molecular weight excluding hydrogens is 348 g/mol. The second kappa shape index (κ2) is 4.38. The van der Waals surface area contributed by atoms with Crippen molar-refractivity contribution in [2.45, 2.75) is 19.5 Å². The molecule has 0 saturated carbocycles. The predicted octanol–water partition coefficient (Wildman–Crippen LogP) is 1.62. The van der Waals surface area contributed by atoms with Crippen LogP contribution in [-0.4, -0.2) is 17.6 Å². The highest BCUT2D eigenvalue weighted by Gasteiger charge is 2.34. The van der Waals surface area contributed by atoms with Gasteiger partial charge in [0.25, 0.3) is 0 Å². The van der Waals surface area contributed by atoms with E-state index in [1.165, 1.54) is 11.0 Å². The van der Waals surface area contributed by atoms with Crippen LogP contribution in [-0.2, 0) is 0 Å². The SMILES string of the molecule is CC1(C)N=C(N)N=C(N)N1c1ccc(I)cc1F. The fraction of sp³-hybridized carbons (Fsp3) is 0.273. The summed E-state index contributed by atoms with van der Waals surface area (Å²) in [6.07, 6.45) is 0. The van der Waals surface area contributed by atoms with Crippen LogP contribution < -0.4 is 16.4 Å². The Morgan fingerprint density at radius 1 is 1.33 bits per heavy atom. The standard InChI is InChI=1S/C11H13FIN5/c1-11(2)17-9(14)16-10(15)18(11)8-4-3-6(13)5-7(8)12/h3-5H,1-2H3,(H4,14,15,16,17). The summed E-state index contributed by atoms with van der Waals surface area (Å²) in [6, 6.07) is 4.88. The molecule has 4 N–H and O–H groups in total. The van der Waals surface area contributed by atoms with E-state index in [1.54, 1.807) is 26.0 Å². The molecule has 18 heavy (non-hydrogen) atoms. The average molecular weight is 361 g/mol. The summed E-state index contributed by atoms with van der Waals surface area (Å²) in [6.45, 7) is 3.58. The molecule has 7 heteroatoms. The van der Waals surface area contributed by atoms with Gasteiger partial charge in [-0.3, -0.25) is 4.90 Å². The van der Waals surface area contributed by atoms with Gasteiger partial charge in [-0.25, -0.2) is 9.38 Å². The van der Waals surface area contributed by atoms with Gasteiger partial charge >= 0.3 is 0 Å². The van der Waals surface area contributed by atoms with Crippen molar-refractivity contribution in [1.82, 2.24) is 0 Å². The maximum absolute atomic E-state index is 14.0. The molecular formula is C11H13FIN5. The van der Waals surface area contributed by atoms with Crippen LogP contribution in [0.3, 0.4) is 0 Å². The van der Waals surface area contributed by atoms with Crippen molar-refractivity contribution in [2.75, 3.05) is 4.90 Å². The van der Waals surface area contributed by atoms with Gasteiger partial charge in [0.15, 0.2) is 0 Å². The zero-order valence-electron chi connectivity index (χ0n) is 9.98. The van der Waals surface area contributed by atoms with Gasteiger partial charge in [-0.2, -0.15) is 4.99 Å². The van der Waals surface area contributed by atoms with Gasteiger partial charge in [0.05, 0.1) is 5.69 Å². The predicted molar refractivity (Wildman–Crippen MR) is 78.9 cm³/mol. The van der Waals surface area contributed by atoms with E-state index in [-0.39, 0.29) is 17.7 Å². The maximum Gasteiger partial charge on any atom is 0.220 e. The van der Waals surface area contributed by atoms with Gasteiger partial charge in [-0.05, 0) is 54.6 Å². The second-order valence-corrected chi connectivity index (χ2v) is 5.61. The van der Waals surface area contributed by atoms with Gasteiger partial charge in [0.1, 0.15) is 11.5 Å². The molecule has 5 nitrogen and oxygen atoms in total. The third kappa shape index (κ3) is 2.26. The summed E-state index contributed by atoms with van der Waals surface area (Å²) < 4.78 is 14.8. The Hall–Kier alpha value is -1.38. The molecule has 0 saturated heterocycles. The van der Waals surface area contributed by atoms with Crippen molar-refractivity contribution < 1.29 is 4.39 Å². The van der Waals surface area contributed by atoms with Gasteiger partial charge in [0.2, 0.25) is 11.9 Å². The Morgan fingerprint density at radius 2 is 2.00 bits per heavy atom. The molecule has 0 fully saturated rings. The summed E-state index contributed by atoms with van der Waals surface area (Å²) in [5, 5.41) is 0. The average Bonchev–Trinajstić information content (AvgIpc) is 2.18. The Bertz CT molecular complexity index is 552. The van der Waals surface area contributed by atoms with Crippen LogP contribution in [0, 0.1) is 9.39 Å². The third-order valence-corrected chi connectivity index (χ3v) is 3.22. The number of aliphatic imine (C=N–C) groups is 2. The maximum atomic E-state index is 14.0. The first-order valence-electron chi connectivity index (χ1n) is 5.26. The minimum Gasteiger partial charge on any atom is -0.369 e. The van der Waals surface area contributed by atoms with Gasteiger partial charge < -0.3 is 11.5 Å². The normalized spacial score (nSPS) is 18.3. The molecule has 1 heterocycles. The van der Waals surface area contributed by atoms with Crippen LogP contribution in [0.2, 0.25) is 0 Å². The molecule has 0 atom stereocenters. The van der Waals surface area contributed by atoms with Gasteiger partial charge in [-0.1, -0.05) is 0 Å². The lowest BCUT2D eigenvalue weighted by Crippen LogP contribution is -2.54. The van der Waals surface area contributed by atoms with Crippen molar-refractivity contribution in [2.24, 2.45) is 21.5 Å². The number of nitrogens with zero attached hydrogens (tertiary/aromatic N) is 3. The van der Waals surface area contributed by atoms with Crippen molar-refractivity contribution >= 4 is 40.2 Å². The molecule has 2 rings (SSSR count). The molecule has 1 aliphatic heterocycles. The highest BCUT2D eigenvalue weighted by atomic mass is 127. The molecule has 0 unspecified atom stereocenters. The lowest BCUT2D eigenvalue weighted by molar-refractivity contribution is 0.520. The number of hydrogen-bond donors (Lipinski definition) is 2. The highest BCUT2D eigenvalue weighted by Crippen LogP contribution is 2.30. The van der Waals surface area contributed by atoms with Crippen LogP contribution in [0.4, 0.5) is 10.1 Å². The number of hydrogen-bond acceptors (Lipinski definition) is 5. The van der Waals surface area contributed by atoms with Crippen LogP contribution in [0.5, 0.6) is 0 Å². The fourth-order valence-electron chi connectivity index (χ4n) is 1.88. The van der Waals surface area contributed by atoms with E-state index < -0.39 is 5.66 Å². The van der Waals surface area contributed by atoms with Crippen molar-refractivity contribution in [1.29, 1.82) is 0 Å². The smallest absolute Gasteiger partial charge is 0.220 e. The second-order valence-electron chi connectivity index (χ2n) is 4.37. The van der Waals surface area contributed by atoms with Crippen molar-refractivity contribution in [3.8, 4) is 0 Å². The molecule has 0 spiro atoms. The quantitative estimate of drug-likeness (QED) is 0.746. The monoisotopic (exact) mass is 361 g/mol. The number of anilines is 1. The molecule has 0 aliphatic carbocycles. The first-order valence-corrected chi connectivity index (χ1v) is 6.34. The zero-order chi connectivity index (χ0) is 13.5. The molecule has 0 aromatic heterocycles. The lowest BCUT2D eigenvalue weighted by Gasteiger charge is -2.38. The van der Waals surface area contributed by atoms with E-state index >= 15 is 0 Å². The van der Waals surface area contributed by atoms with E-state index in [0.717, 1.165) is 3.57 Å². The Kier molecular flexibility index (Phi) is 3.18. The van der Waals surface area contributed by atoms with Crippen LogP contribution >= 0.6 is 22.6 Å². The molecule has 1 aromatic carbocycles. The van der Waals surface area contributed by atoms with E-state index in [4.69, 9.17) is 11.5 Å². The Balaban J connectivity index is 2.53. The fourth-order valence-corrected chi connectivity index (χ4v) is 2.34. The van der Waals surface area contributed by atoms with Gasteiger partial charge in [-0.15, -0.1) is 0 Å². The first kappa shape index (κ1) is 13.1. The summed E-state index contributed by atoms with van der Waals surface area (Å²) in [5.74, 6) is -0.143. The molecule has 0 radical (unpaired) electrons. The van der Waals surface area contributed by atoms with E-state index in [9.17, 15) is 4.39 Å². The third-order valence-electron chi connectivity index (χ3n) is 2.54. The minimum atomic E-state index is -0.774. The summed E-state index contributed by atoms with van der Waals surface area (Å²) in [7, 11) is 0. The van der Waals surface area contributed by atoms with Crippen molar-refractivity contribution in [3.63, 3.8) is 0 Å². The minimum absolute atomic E-state index is 0.0969. The van der Waals surface area contributed by atoms with Crippen molar-refractivity contribution in [3.05, 3.63) is 27.6 Å². The number of benzene rings is 1. The largest absolute Gasteiger partial charge is 0.369 e. The van der Waals surface area contributed by atoms with Gasteiger partial charge in [0, 0.05) is 3.57 Å². The summed E-state index contributed by atoms with van der Waals surface area (Å²) in [5.41, 5.74) is 11.0. The number of halogens is 2. The van der Waals surface area contributed by atoms with Crippen LogP contribution in [0.25, 0.3) is 0 Å².